The summed E-state index contributed by atoms with van der Waals surface area (Å²) >= 11 is 0. The summed E-state index contributed by atoms with van der Waals surface area (Å²) in [6.45, 7) is 1.84. The first kappa shape index (κ1) is 14.5. The van der Waals surface area contributed by atoms with Crippen molar-refractivity contribution in [3.8, 4) is 5.88 Å². The summed E-state index contributed by atoms with van der Waals surface area (Å²) in [5.41, 5.74) is 5.19. The Bertz CT molecular complexity index is 617. The fourth-order valence-corrected chi connectivity index (χ4v) is 2.58. The molecule has 0 amide bonds. The number of aromatic amines is 2. The third kappa shape index (κ3) is 2.98. The van der Waals surface area contributed by atoms with Gasteiger partial charge >= 0.3 is 5.69 Å². The number of H-pyrrole nitrogens is 2. The van der Waals surface area contributed by atoms with E-state index < -0.39 is 17.1 Å². The van der Waals surface area contributed by atoms with Crippen LogP contribution in [0.5, 0.6) is 5.88 Å². The molecule has 5 N–H and O–H groups in total. The second-order valence-corrected chi connectivity index (χ2v) is 5.08. The molecular weight excluding hydrogens is 260 g/mol. The molecule has 7 heteroatoms. The highest BCUT2D eigenvalue weighted by molar-refractivity contribution is 6.01. The van der Waals surface area contributed by atoms with Crippen LogP contribution in [0.25, 0.3) is 0 Å². The van der Waals surface area contributed by atoms with Gasteiger partial charge in [0.25, 0.3) is 5.56 Å². The van der Waals surface area contributed by atoms with E-state index in [0.717, 1.165) is 25.7 Å². The fraction of sp³-hybridized carbons (Fsp3) is 0.615. The minimum Gasteiger partial charge on any atom is -0.494 e. The van der Waals surface area contributed by atoms with Crippen molar-refractivity contribution >= 4 is 5.71 Å². The monoisotopic (exact) mass is 280 g/mol. The maximum atomic E-state index is 11.8. The van der Waals surface area contributed by atoms with Gasteiger partial charge in [-0.3, -0.25) is 19.8 Å². The van der Waals surface area contributed by atoms with E-state index in [2.05, 4.69) is 15.0 Å². The van der Waals surface area contributed by atoms with Crippen LogP contribution in [-0.4, -0.2) is 32.9 Å². The maximum Gasteiger partial charge on any atom is 0.328 e. The normalized spacial score (nSPS) is 23.8. The second-order valence-electron chi connectivity index (χ2n) is 5.08. The number of nitrogens with one attached hydrogen (secondary N) is 2. The predicted octanol–water partition coefficient (Wildman–Crippen LogP) is 0.238. The molecule has 0 bridgehead atoms. The van der Waals surface area contributed by atoms with E-state index in [1.165, 1.54) is 0 Å². The van der Waals surface area contributed by atoms with Crippen LogP contribution in [0, 0.1) is 0 Å². The highest BCUT2D eigenvalue weighted by atomic mass is 16.3. The van der Waals surface area contributed by atoms with E-state index in [-0.39, 0.29) is 17.6 Å². The van der Waals surface area contributed by atoms with Gasteiger partial charge in [-0.2, -0.15) is 0 Å². The number of aliphatic imine (C=N–C) groups is 1. The molecule has 0 aromatic carbocycles. The smallest absolute Gasteiger partial charge is 0.328 e. The van der Waals surface area contributed by atoms with Crippen molar-refractivity contribution in [2.75, 3.05) is 0 Å². The number of aromatic nitrogens is 2. The van der Waals surface area contributed by atoms with Crippen molar-refractivity contribution in [1.29, 1.82) is 0 Å². The molecule has 2 atom stereocenters. The van der Waals surface area contributed by atoms with Crippen molar-refractivity contribution in [2.45, 2.75) is 51.1 Å². The van der Waals surface area contributed by atoms with E-state index in [9.17, 15) is 14.7 Å². The lowest BCUT2D eigenvalue weighted by molar-refractivity contribution is 0.386. The van der Waals surface area contributed by atoms with Gasteiger partial charge < -0.3 is 10.8 Å². The van der Waals surface area contributed by atoms with E-state index in [4.69, 9.17) is 5.73 Å². The molecule has 0 aliphatic heterocycles. The predicted molar refractivity (Wildman–Crippen MR) is 76.4 cm³/mol. The SMILES string of the molecule is CCC(=NC1CCCCC1N)c1c(O)[nH]c(=O)[nH]c1=O. The molecule has 0 saturated heterocycles. The van der Waals surface area contributed by atoms with Gasteiger partial charge in [-0.05, 0) is 19.3 Å². The first-order valence-electron chi connectivity index (χ1n) is 6.91. The lowest BCUT2D eigenvalue weighted by Crippen LogP contribution is -2.37. The Kier molecular flexibility index (Phi) is 4.39. The standard InChI is InChI=1S/C13H20N4O3/c1-2-8(15-9-6-4-3-5-7(9)14)10-11(18)16-13(20)17-12(10)19/h7,9H,2-6,14H2,1H3,(H3,16,17,18,19,20). The van der Waals surface area contributed by atoms with Crippen molar-refractivity contribution in [3.63, 3.8) is 0 Å². The molecule has 1 fully saturated rings. The first-order chi connectivity index (χ1) is 9.52. The molecule has 1 aromatic rings. The molecule has 2 rings (SSSR count). The topological polar surface area (TPSA) is 124 Å². The molecule has 2 unspecified atom stereocenters. The Morgan fingerprint density at radius 3 is 2.65 bits per heavy atom. The van der Waals surface area contributed by atoms with Gasteiger partial charge in [0.1, 0.15) is 5.56 Å². The maximum absolute atomic E-state index is 11.8. The van der Waals surface area contributed by atoms with E-state index >= 15 is 0 Å². The van der Waals surface area contributed by atoms with Crippen LogP contribution < -0.4 is 17.0 Å². The van der Waals surface area contributed by atoms with Gasteiger partial charge in [-0.1, -0.05) is 19.8 Å². The Labute approximate surface area is 116 Å². The Morgan fingerprint density at radius 1 is 1.35 bits per heavy atom. The number of aromatic hydroxyl groups is 1. The number of rotatable bonds is 3. The fourth-order valence-electron chi connectivity index (χ4n) is 2.58. The summed E-state index contributed by atoms with van der Waals surface area (Å²) in [6.07, 6.45) is 4.43. The summed E-state index contributed by atoms with van der Waals surface area (Å²) in [4.78, 5) is 31.7. The van der Waals surface area contributed by atoms with Crippen LogP contribution in [0.3, 0.4) is 0 Å². The number of hydrogen-bond acceptors (Lipinski definition) is 5. The average molecular weight is 280 g/mol. The number of nitrogens with two attached hydrogens (primary N) is 1. The highest BCUT2D eigenvalue weighted by Crippen LogP contribution is 2.21. The van der Waals surface area contributed by atoms with Gasteiger partial charge in [0.15, 0.2) is 0 Å². The quantitative estimate of drug-likeness (QED) is 0.592. The van der Waals surface area contributed by atoms with Gasteiger partial charge in [0.2, 0.25) is 5.88 Å². The average Bonchev–Trinajstić information content (AvgIpc) is 2.38. The van der Waals surface area contributed by atoms with Crippen LogP contribution in [0.2, 0.25) is 0 Å². The van der Waals surface area contributed by atoms with Gasteiger partial charge in [-0.15, -0.1) is 0 Å². The van der Waals surface area contributed by atoms with Crippen LogP contribution in [-0.2, 0) is 0 Å². The molecule has 1 aliphatic carbocycles. The molecule has 1 heterocycles. The van der Waals surface area contributed by atoms with Gasteiger partial charge in [0, 0.05) is 6.04 Å². The molecule has 7 nitrogen and oxygen atoms in total. The minimum atomic E-state index is -0.735. The third-order valence-electron chi connectivity index (χ3n) is 3.65. The Balaban J connectivity index is 2.42. The van der Waals surface area contributed by atoms with E-state index in [1.54, 1.807) is 0 Å². The molecule has 110 valence electrons. The summed E-state index contributed by atoms with van der Waals surface area (Å²) in [5, 5.41) is 9.78. The van der Waals surface area contributed by atoms with Gasteiger partial charge in [0.05, 0.1) is 11.8 Å². The summed E-state index contributed by atoms with van der Waals surface area (Å²) in [7, 11) is 0. The van der Waals surface area contributed by atoms with E-state index in [1.807, 2.05) is 6.92 Å². The lowest BCUT2D eigenvalue weighted by atomic mass is 9.91. The molecule has 0 radical (unpaired) electrons. The molecular formula is C13H20N4O3. The van der Waals surface area contributed by atoms with Crippen molar-refractivity contribution in [1.82, 2.24) is 9.97 Å². The molecule has 1 aliphatic rings. The molecule has 0 spiro atoms. The van der Waals surface area contributed by atoms with Gasteiger partial charge in [-0.25, -0.2) is 4.79 Å². The van der Waals surface area contributed by atoms with Crippen molar-refractivity contribution in [2.24, 2.45) is 10.7 Å². The summed E-state index contributed by atoms with van der Waals surface area (Å²) < 4.78 is 0. The zero-order chi connectivity index (χ0) is 14.7. The second kappa shape index (κ2) is 6.04. The van der Waals surface area contributed by atoms with Crippen LogP contribution in [0.4, 0.5) is 0 Å². The highest BCUT2D eigenvalue weighted by Gasteiger charge is 2.23. The van der Waals surface area contributed by atoms with Crippen LogP contribution in [0.1, 0.15) is 44.6 Å². The van der Waals surface area contributed by atoms with Crippen LogP contribution in [0.15, 0.2) is 14.6 Å². The number of hydrogen-bond donors (Lipinski definition) is 4. The van der Waals surface area contributed by atoms with Crippen LogP contribution >= 0.6 is 0 Å². The zero-order valence-electron chi connectivity index (χ0n) is 11.5. The molecule has 1 saturated carbocycles. The summed E-state index contributed by atoms with van der Waals surface area (Å²) in [6, 6.07) is -0.0567. The molecule has 20 heavy (non-hydrogen) atoms. The lowest BCUT2D eigenvalue weighted by Gasteiger charge is -2.26. The minimum absolute atomic E-state index is 0.0192. The largest absolute Gasteiger partial charge is 0.494 e. The van der Waals surface area contributed by atoms with Crippen molar-refractivity contribution < 1.29 is 5.11 Å². The Hall–Kier alpha value is -1.89. The molecule has 1 aromatic heterocycles. The Morgan fingerprint density at radius 2 is 2.05 bits per heavy atom. The van der Waals surface area contributed by atoms with Crippen molar-refractivity contribution in [3.05, 3.63) is 26.4 Å². The van der Waals surface area contributed by atoms with E-state index in [0.29, 0.717) is 12.1 Å². The number of nitrogens with zero attached hydrogens (tertiary/aromatic N) is 1. The summed E-state index contributed by atoms with van der Waals surface area (Å²) in [5.74, 6) is -0.441. The first-order valence-corrected chi connectivity index (χ1v) is 6.91. The zero-order valence-corrected chi connectivity index (χ0v) is 11.5. The third-order valence-corrected chi connectivity index (χ3v) is 3.65.